The Morgan fingerprint density at radius 1 is 1.03 bits per heavy atom. The van der Waals surface area contributed by atoms with Crippen LogP contribution in [0.15, 0.2) is 83.3 Å². The van der Waals surface area contributed by atoms with Crippen LogP contribution >= 0.6 is 46.3 Å². The van der Waals surface area contributed by atoms with Crippen LogP contribution < -0.4 is 5.32 Å². The normalized spacial score (nSPS) is 11.0. The molecule has 36 heavy (non-hydrogen) atoms. The minimum atomic E-state index is -0.371. The van der Waals surface area contributed by atoms with Gasteiger partial charge in [0.25, 0.3) is 5.91 Å². The van der Waals surface area contributed by atoms with E-state index in [9.17, 15) is 9.18 Å². The van der Waals surface area contributed by atoms with E-state index in [0.717, 1.165) is 16.3 Å². The summed E-state index contributed by atoms with van der Waals surface area (Å²) in [6, 6.07) is 20.4. The topological polar surface area (TPSA) is 72.7 Å². The quantitative estimate of drug-likeness (QED) is 0.212. The second-order valence-electron chi connectivity index (χ2n) is 7.48. The molecule has 180 valence electrons. The lowest BCUT2D eigenvalue weighted by atomic mass is 10.2. The van der Waals surface area contributed by atoms with E-state index < -0.39 is 0 Å². The molecule has 0 unspecified atom stereocenters. The number of thiazole rings is 1. The molecule has 3 aromatic carbocycles. The molecule has 0 spiro atoms. The van der Waals surface area contributed by atoms with Gasteiger partial charge >= 0.3 is 0 Å². The maximum atomic E-state index is 13.1. The Labute approximate surface area is 224 Å². The molecule has 0 saturated carbocycles. The van der Waals surface area contributed by atoms with Gasteiger partial charge in [-0.25, -0.2) is 9.37 Å². The zero-order chi connectivity index (χ0) is 25.1. The van der Waals surface area contributed by atoms with Crippen LogP contribution in [0.2, 0.25) is 10.0 Å². The van der Waals surface area contributed by atoms with Crippen molar-refractivity contribution in [1.82, 2.24) is 19.7 Å². The van der Waals surface area contributed by atoms with Crippen molar-refractivity contribution in [3.63, 3.8) is 0 Å². The van der Waals surface area contributed by atoms with E-state index in [4.69, 9.17) is 23.2 Å². The number of nitrogens with zero attached hydrogens (tertiary/aromatic N) is 4. The Hall–Kier alpha value is -3.24. The minimum absolute atomic E-state index is 0.285. The molecule has 2 aromatic heterocycles. The van der Waals surface area contributed by atoms with Crippen LogP contribution in [0.5, 0.6) is 0 Å². The Morgan fingerprint density at radius 2 is 1.83 bits per heavy atom. The Morgan fingerprint density at radius 3 is 2.61 bits per heavy atom. The molecule has 0 fully saturated rings. The van der Waals surface area contributed by atoms with Crippen molar-refractivity contribution in [3.05, 3.63) is 105 Å². The number of amides is 1. The monoisotopic (exact) mass is 555 g/mol. The number of aromatic nitrogens is 4. The average molecular weight is 556 g/mol. The fraction of sp³-hybridized carbons (Fsp3) is 0.0400. The molecule has 0 atom stereocenters. The average Bonchev–Trinajstić information content (AvgIpc) is 3.52. The zero-order valence-corrected chi connectivity index (χ0v) is 21.5. The molecule has 2 heterocycles. The first-order valence-corrected chi connectivity index (χ1v) is 13.2. The fourth-order valence-corrected chi connectivity index (χ4v) is 5.51. The first-order valence-electron chi connectivity index (χ1n) is 10.6. The summed E-state index contributed by atoms with van der Waals surface area (Å²) < 4.78 is 15.0. The molecule has 0 bridgehead atoms. The van der Waals surface area contributed by atoms with Gasteiger partial charge in [-0.05, 0) is 54.6 Å². The van der Waals surface area contributed by atoms with E-state index in [-0.39, 0.29) is 17.4 Å². The van der Waals surface area contributed by atoms with Crippen molar-refractivity contribution >= 4 is 57.9 Å². The summed E-state index contributed by atoms with van der Waals surface area (Å²) in [5.41, 5.74) is 2.32. The van der Waals surface area contributed by atoms with E-state index in [1.54, 1.807) is 17.5 Å². The van der Waals surface area contributed by atoms with Gasteiger partial charge in [0.1, 0.15) is 16.5 Å². The van der Waals surface area contributed by atoms with E-state index in [0.29, 0.717) is 32.5 Å². The van der Waals surface area contributed by atoms with Gasteiger partial charge in [-0.15, -0.1) is 21.5 Å². The smallest absolute Gasteiger partial charge is 0.275 e. The number of anilines is 1. The summed E-state index contributed by atoms with van der Waals surface area (Å²) in [6.07, 6.45) is 0. The second kappa shape index (κ2) is 10.8. The number of nitrogens with one attached hydrogen (secondary N) is 1. The highest BCUT2D eigenvalue weighted by molar-refractivity contribution is 7.98. The fourth-order valence-electron chi connectivity index (χ4n) is 3.36. The minimum Gasteiger partial charge on any atom is -0.321 e. The van der Waals surface area contributed by atoms with Crippen molar-refractivity contribution in [3.8, 4) is 17.1 Å². The summed E-state index contributed by atoms with van der Waals surface area (Å²) in [7, 11) is 0. The number of rotatable bonds is 7. The Kier molecular flexibility index (Phi) is 7.33. The SMILES string of the molecule is O=C(Nc1ccc(F)cc1)c1csc(CSc2nnc(-c3ccccc3Cl)n2-c2cccc(Cl)c2)n1. The van der Waals surface area contributed by atoms with Crippen LogP contribution in [0, 0.1) is 5.82 Å². The van der Waals surface area contributed by atoms with Gasteiger partial charge in [0.2, 0.25) is 0 Å². The van der Waals surface area contributed by atoms with Crippen molar-refractivity contribution in [2.24, 2.45) is 0 Å². The highest BCUT2D eigenvalue weighted by Gasteiger charge is 2.19. The van der Waals surface area contributed by atoms with Gasteiger partial charge in [-0.3, -0.25) is 9.36 Å². The third kappa shape index (κ3) is 5.44. The number of carbonyl (C=O) groups is 1. The van der Waals surface area contributed by atoms with Crippen LogP contribution in [0.25, 0.3) is 17.1 Å². The summed E-state index contributed by atoms with van der Waals surface area (Å²) in [5, 5.41) is 15.7. The first kappa shape index (κ1) is 24.5. The van der Waals surface area contributed by atoms with E-state index in [2.05, 4.69) is 20.5 Å². The molecule has 5 rings (SSSR count). The molecule has 11 heteroatoms. The number of halogens is 3. The predicted octanol–water partition coefficient (Wildman–Crippen LogP) is 7.38. The number of hydrogen-bond donors (Lipinski definition) is 1. The summed E-state index contributed by atoms with van der Waals surface area (Å²) in [5.74, 6) is 0.320. The Balaban J connectivity index is 1.38. The van der Waals surface area contributed by atoms with Gasteiger partial charge in [0, 0.05) is 21.7 Å². The second-order valence-corrected chi connectivity index (χ2v) is 10.2. The molecule has 1 N–H and O–H groups in total. The standard InChI is InChI=1S/C25H16Cl2FN5OS2/c26-15-4-3-5-18(12-15)33-23(19-6-1-2-7-20(19)27)31-32-25(33)36-14-22-30-21(13-35-22)24(34)29-17-10-8-16(28)9-11-17/h1-13H,14H2,(H,29,34). The summed E-state index contributed by atoms with van der Waals surface area (Å²) in [4.78, 5) is 17.0. The van der Waals surface area contributed by atoms with Crippen molar-refractivity contribution in [1.29, 1.82) is 0 Å². The van der Waals surface area contributed by atoms with Crippen LogP contribution in [-0.4, -0.2) is 25.7 Å². The molecule has 1 amide bonds. The summed E-state index contributed by atoms with van der Waals surface area (Å²) in [6.45, 7) is 0. The maximum absolute atomic E-state index is 13.1. The number of carbonyl (C=O) groups excluding carboxylic acids is 1. The Bertz CT molecular complexity index is 1540. The van der Waals surface area contributed by atoms with Crippen molar-refractivity contribution in [2.45, 2.75) is 10.9 Å². The molecule has 0 aliphatic heterocycles. The van der Waals surface area contributed by atoms with Crippen molar-refractivity contribution in [2.75, 3.05) is 5.32 Å². The third-order valence-corrected chi connectivity index (χ3v) is 7.56. The number of benzene rings is 3. The van der Waals surface area contributed by atoms with Crippen LogP contribution in [0.3, 0.4) is 0 Å². The molecular weight excluding hydrogens is 540 g/mol. The van der Waals surface area contributed by atoms with Crippen LogP contribution in [-0.2, 0) is 5.75 Å². The molecule has 0 aliphatic carbocycles. The van der Waals surface area contributed by atoms with Gasteiger partial charge in [-0.1, -0.05) is 53.2 Å². The van der Waals surface area contributed by atoms with Crippen molar-refractivity contribution < 1.29 is 9.18 Å². The molecule has 0 aliphatic rings. The van der Waals surface area contributed by atoms with Gasteiger partial charge in [0.05, 0.1) is 16.5 Å². The number of thioether (sulfide) groups is 1. The predicted molar refractivity (Wildman–Crippen MR) is 143 cm³/mol. The van der Waals surface area contributed by atoms with Gasteiger partial charge in [0.15, 0.2) is 11.0 Å². The van der Waals surface area contributed by atoms with Gasteiger partial charge in [-0.2, -0.15) is 0 Å². The van der Waals surface area contributed by atoms with Gasteiger partial charge < -0.3 is 5.32 Å². The number of hydrogen-bond acceptors (Lipinski definition) is 6. The largest absolute Gasteiger partial charge is 0.321 e. The molecule has 0 radical (unpaired) electrons. The third-order valence-electron chi connectivity index (χ3n) is 5.03. The highest BCUT2D eigenvalue weighted by atomic mass is 35.5. The molecule has 0 saturated heterocycles. The van der Waals surface area contributed by atoms with E-state index in [1.165, 1.54) is 47.4 Å². The van der Waals surface area contributed by atoms with E-state index in [1.807, 2.05) is 41.0 Å². The zero-order valence-electron chi connectivity index (χ0n) is 18.4. The van der Waals surface area contributed by atoms with E-state index >= 15 is 0 Å². The van der Waals surface area contributed by atoms with Crippen LogP contribution in [0.1, 0.15) is 15.5 Å². The highest BCUT2D eigenvalue weighted by Crippen LogP contribution is 2.34. The lowest BCUT2D eigenvalue weighted by Gasteiger charge is -2.11. The first-order chi connectivity index (χ1) is 17.5. The molecule has 5 aromatic rings. The lowest BCUT2D eigenvalue weighted by Crippen LogP contribution is -2.12. The maximum Gasteiger partial charge on any atom is 0.275 e. The summed E-state index contributed by atoms with van der Waals surface area (Å²) >= 11 is 15.5. The lowest BCUT2D eigenvalue weighted by molar-refractivity contribution is 0.102. The molecule has 6 nitrogen and oxygen atoms in total. The van der Waals surface area contributed by atoms with Crippen LogP contribution in [0.4, 0.5) is 10.1 Å². The molecular formula is C25H16Cl2FN5OS2.